The number of hydrogen-bond donors (Lipinski definition) is 1. The zero-order valence-corrected chi connectivity index (χ0v) is 20.6. The maximum Gasteiger partial charge on any atom is 0.410 e. The van der Waals surface area contributed by atoms with Crippen molar-refractivity contribution in [3.05, 3.63) is 60.4 Å². The number of para-hydroxylation sites is 1. The number of hydrogen-bond acceptors (Lipinski definition) is 6. The van der Waals surface area contributed by atoms with Crippen LogP contribution in [0.5, 0.6) is 0 Å². The van der Waals surface area contributed by atoms with E-state index >= 15 is 0 Å². The molecule has 1 unspecified atom stereocenters. The Morgan fingerprint density at radius 3 is 2.49 bits per heavy atom. The molecule has 1 aromatic heterocycles. The highest BCUT2D eigenvalue weighted by Gasteiger charge is 2.47. The molecule has 35 heavy (non-hydrogen) atoms. The van der Waals surface area contributed by atoms with Gasteiger partial charge >= 0.3 is 6.09 Å². The van der Waals surface area contributed by atoms with E-state index in [1.165, 1.54) is 0 Å². The number of benzene rings is 2. The number of ether oxygens (including phenoxy) is 2. The predicted molar refractivity (Wildman–Crippen MR) is 134 cm³/mol. The van der Waals surface area contributed by atoms with E-state index in [9.17, 15) is 4.79 Å². The number of carbonyl (C=O) groups excluding carboxylic acids is 1. The minimum absolute atomic E-state index is 0.206. The number of carbonyl (C=O) groups is 1. The van der Waals surface area contributed by atoms with E-state index in [1.54, 1.807) is 0 Å². The molecule has 1 saturated heterocycles. The Balaban J connectivity index is 1.44. The maximum absolute atomic E-state index is 12.9. The van der Waals surface area contributed by atoms with Gasteiger partial charge in [-0.1, -0.05) is 18.2 Å². The average molecular weight is 476 g/mol. The van der Waals surface area contributed by atoms with Crippen LogP contribution in [0.15, 0.2) is 54.6 Å². The Morgan fingerprint density at radius 2 is 1.86 bits per heavy atom. The molecule has 5 rings (SSSR count). The van der Waals surface area contributed by atoms with Crippen molar-refractivity contribution in [2.45, 2.75) is 63.8 Å². The Labute approximate surface area is 206 Å². The van der Waals surface area contributed by atoms with E-state index in [0.29, 0.717) is 31.0 Å². The van der Waals surface area contributed by atoms with Crippen molar-refractivity contribution in [3.63, 3.8) is 0 Å². The van der Waals surface area contributed by atoms with Gasteiger partial charge in [0.25, 0.3) is 0 Å². The smallest absolute Gasteiger partial charge is 0.410 e. The molecule has 2 N–H and O–H groups in total. The van der Waals surface area contributed by atoms with Crippen LogP contribution in [-0.4, -0.2) is 56.2 Å². The molecule has 1 aliphatic carbocycles. The summed E-state index contributed by atoms with van der Waals surface area (Å²) in [6.45, 7) is 6.70. The Bertz CT molecular complexity index is 1180. The first-order valence-corrected chi connectivity index (χ1v) is 12.2. The summed E-state index contributed by atoms with van der Waals surface area (Å²) in [6, 6.07) is 17.5. The van der Waals surface area contributed by atoms with Crippen LogP contribution in [0.4, 0.5) is 10.5 Å². The SMILES string of the molecule is CC(C)(C)OC(=O)N1CC(Cc2nc(-c3ccc(N)cc3)nn2-c2ccccc2)OC2(CCC2)C1. The van der Waals surface area contributed by atoms with Crippen molar-refractivity contribution in [2.24, 2.45) is 0 Å². The van der Waals surface area contributed by atoms with Crippen LogP contribution >= 0.6 is 0 Å². The molecule has 1 aliphatic heterocycles. The summed E-state index contributed by atoms with van der Waals surface area (Å²) in [6.07, 6.45) is 3.04. The summed E-state index contributed by atoms with van der Waals surface area (Å²) >= 11 is 0. The quantitative estimate of drug-likeness (QED) is 0.554. The lowest BCUT2D eigenvalue weighted by atomic mass is 9.78. The Hall–Kier alpha value is -3.39. The topological polar surface area (TPSA) is 95.5 Å². The molecule has 8 heteroatoms. The van der Waals surface area contributed by atoms with E-state index < -0.39 is 5.60 Å². The second-order valence-corrected chi connectivity index (χ2v) is 10.6. The van der Waals surface area contributed by atoms with Crippen LogP contribution in [0.25, 0.3) is 17.1 Å². The van der Waals surface area contributed by atoms with Gasteiger partial charge in [-0.3, -0.25) is 0 Å². The fraction of sp³-hybridized carbons (Fsp3) is 0.444. The molecule has 1 amide bonds. The van der Waals surface area contributed by atoms with Gasteiger partial charge in [0.15, 0.2) is 5.82 Å². The van der Waals surface area contributed by atoms with Gasteiger partial charge in [0.05, 0.1) is 30.5 Å². The van der Waals surface area contributed by atoms with Gasteiger partial charge in [-0.05, 0) is 76.4 Å². The second kappa shape index (κ2) is 9.00. The number of rotatable bonds is 4. The maximum atomic E-state index is 12.9. The summed E-state index contributed by atoms with van der Waals surface area (Å²) in [5, 5.41) is 4.82. The van der Waals surface area contributed by atoms with Crippen molar-refractivity contribution in [1.82, 2.24) is 19.7 Å². The van der Waals surface area contributed by atoms with E-state index in [2.05, 4.69) is 0 Å². The van der Waals surface area contributed by atoms with Crippen molar-refractivity contribution >= 4 is 11.8 Å². The molecule has 3 aromatic rings. The molecule has 0 bridgehead atoms. The number of aromatic nitrogens is 3. The van der Waals surface area contributed by atoms with Crippen LogP contribution in [0.1, 0.15) is 45.9 Å². The first kappa shape index (κ1) is 23.4. The number of nitrogen functional groups attached to an aromatic ring is 1. The molecule has 1 saturated carbocycles. The molecular weight excluding hydrogens is 442 g/mol. The van der Waals surface area contributed by atoms with E-state index in [4.69, 9.17) is 25.3 Å². The van der Waals surface area contributed by atoms with Crippen LogP contribution in [-0.2, 0) is 15.9 Å². The van der Waals surface area contributed by atoms with Crippen LogP contribution < -0.4 is 5.73 Å². The molecule has 2 aromatic carbocycles. The fourth-order valence-corrected chi connectivity index (χ4v) is 4.72. The average Bonchev–Trinajstić information content (AvgIpc) is 3.21. The minimum Gasteiger partial charge on any atom is -0.444 e. The monoisotopic (exact) mass is 475 g/mol. The first-order valence-electron chi connectivity index (χ1n) is 12.2. The van der Waals surface area contributed by atoms with Crippen LogP contribution in [0.3, 0.4) is 0 Å². The molecule has 184 valence electrons. The summed E-state index contributed by atoms with van der Waals surface area (Å²) in [5.41, 5.74) is 7.55. The molecular formula is C27H33N5O3. The molecule has 2 heterocycles. The number of nitrogens with two attached hydrogens (primary N) is 1. The molecule has 2 aliphatic rings. The largest absolute Gasteiger partial charge is 0.444 e. The third-order valence-corrected chi connectivity index (χ3v) is 6.49. The minimum atomic E-state index is -0.543. The predicted octanol–water partition coefficient (Wildman–Crippen LogP) is 4.62. The number of amides is 1. The third kappa shape index (κ3) is 5.17. The summed E-state index contributed by atoms with van der Waals surface area (Å²) in [7, 11) is 0. The number of morpholine rings is 1. The molecule has 1 atom stereocenters. The van der Waals surface area contributed by atoms with E-state index in [0.717, 1.165) is 36.3 Å². The molecule has 1 spiro atoms. The number of nitrogens with zero attached hydrogens (tertiary/aromatic N) is 4. The lowest BCUT2D eigenvalue weighted by Crippen LogP contribution is -2.61. The summed E-state index contributed by atoms with van der Waals surface area (Å²) in [5.74, 6) is 1.41. The highest BCUT2D eigenvalue weighted by atomic mass is 16.6. The van der Waals surface area contributed by atoms with Crippen molar-refractivity contribution in [2.75, 3.05) is 18.8 Å². The van der Waals surface area contributed by atoms with Crippen molar-refractivity contribution in [1.29, 1.82) is 0 Å². The van der Waals surface area contributed by atoms with Gasteiger partial charge < -0.3 is 20.1 Å². The van der Waals surface area contributed by atoms with Gasteiger partial charge in [-0.15, -0.1) is 5.10 Å². The van der Waals surface area contributed by atoms with Gasteiger partial charge in [-0.2, -0.15) is 0 Å². The highest BCUT2D eigenvalue weighted by Crippen LogP contribution is 2.40. The lowest BCUT2D eigenvalue weighted by Gasteiger charge is -2.51. The summed E-state index contributed by atoms with van der Waals surface area (Å²) < 4.78 is 14.2. The standard InChI is InChI=1S/C27H33N5O3/c1-26(2,3)35-25(33)31-17-22(34-27(18-31)14-7-15-27)16-23-29-24(19-10-12-20(28)13-11-19)30-32(23)21-8-5-4-6-9-21/h4-6,8-13,22H,7,14-18,28H2,1-3H3. The van der Waals surface area contributed by atoms with Crippen LogP contribution in [0, 0.1) is 0 Å². The molecule has 8 nitrogen and oxygen atoms in total. The lowest BCUT2D eigenvalue weighted by molar-refractivity contribution is -0.186. The van der Waals surface area contributed by atoms with Crippen molar-refractivity contribution in [3.8, 4) is 17.1 Å². The summed E-state index contributed by atoms with van der Waals surface area (Å²) in [4.78, 5) is 19.7. The highest BCUT2D eigenvalue weighted by molar-refractivity contribution is 5.68. The second-order valence-electron chi connectivity index (χ2n) is 10.6. The molecule has 0 radical (unpaired) electrons. The fourth-order valence-electron chi connectivity index (χ4n) is 4.72. The Morgan fingerprint density at radius 1 is 1.14 bits per heavy atom. The van der Waals surface area contributed by atoms with Gasteiger partial charge in [0.2, 0.25) is 0 Å². The zero-order valence-electron chi connectivity index (χ0n) is 20.6. The number of anilines is 1. The van der Waals surface area contributed by atoms with Crippen molar-refractivity contribution < 1.29 is 14.3 Å². The van der Waals surface area contributed by atoms with Gasteiger partial charge in [0.1, 0.15) is 11.4 Å². The van der Waals surface area contributed by atoms with Gasteiger partial charge in [-0.25, -0.2) is 14.5 Å². The normalized spacial score (nSPS) is 19.4. The van der Waals surface area contributed by atoms with E-state index in [1.807, 2.05) is 85.0 Å². The molecule has 2 fully saturated rings. The van der Waals surface area contributed by atoms with Crippen LogP contribution in [0.2, 0.25) is 0 Å². The Kier molecular flexibility index (Phi) is 6.01. The third-order valence-electron chi connectivity index (χ3n) is 6.49. The van der Waals surface area contributed by atoms with E-state index in [-0.39, 0.29) is 17.8 Å². The van der Waals surface area contributed by atoms with Gasteiger partial charge in [0, 0.05) is 17.7 Å². The first-order chi connectivity index (χ1) is 16.7. The zero-order chi connectivity index (χ0) is 24.6.